The van der Waals surface area contributed by atoms with Crippen molar-refractivity contribution >= 4 is 11.3 Å². The second-order valence-electron chi connectivity index (χ2n) is 5.64. The Morgan fingerprint density at radius 2 is 2.33 bits per heavy atom. The van der Waals surface area contributed by atoms with Gasteiger partial charge in [-0.3, -0.25) is 0 Å². The molecule has 1 aromatic heterocycles. The molecule has 18 heavy (non-hydrogen) atoms. The van der Waals surface area contributed by atoms with Crippen LogP contribution >= 0.6 is 11.3 Å². The molecule has 0 aromatic carbocycles. The van der Waals surface area contributed by atoms with E-state index >= 15 is 0 Å². The Balaban J connectivity index is 1.97. The first-order chi connectivity index (χ1) is 8.70. The van der Waals surface area contributed by atoms with Gasteiger partial charge in [0.05, 0.1) is 0 Å². The molecule has 2 unspecified atom stereocenters. The maximum Gasteiger partial charge on any atom is 0.0440 e. The second kappa shape index (κ2) is 6.69. The summed E-state index contributed by atoms with van der Waals surface area (Å²) in [5.74, 6) is 0.653. The van der Waals surface area contributed by atoms with Crippen LogP contribution in [-0.2, 0) is 0 Å². The molecule has 102 valence electrons. The molecule has 0 aliphatic carbocycles. The molecule has 0 bridgehead atoms. The van der Waals surface area contributed by atoms with Gasteiger partial charge in [-0.25, -0.2) is 0 Å². The van der Waals surface area contributed by atoms with Crippen molar-refractivity contribution in [3.8, 4) is 0 Å². The Kier molecular flexibility index (Phi) is 5.22. The highest BCUT2D eigenvalue weighted by Crippen LogP contribution is 2.27. The lowest BCUT2D eigenvalue weighted by Gasteiger charge is -2.35. The molecule has 1 aliphatic rings. The molecule has 3 heteroatoms. The fourth-order valence-corrected chi connectivity index (χ4v) is 3.76. The molecule has 2 heterocycles. The van der Waals surface area contributed by atoms with E-state index in [-0.39, 0.29) is 0 Å². The normalized spacial score (nSPS) is 23.4. The summed E-state index contributed by atoms with van der Waals surface area (Å²) in [5.41, 5.74) is 0. The number of likely N-dealkylation sites (tertiary alicyclic amines) is 1. The molecule has 1 fully saturated rings. The zero-order chi connectivity index (χ0) is 13.0. The van der Waals surface area contributed by atoms with E-state index < -0.39 is 0 Å². The van der Waals surface area contributed by atoms with Gasteiger partial charge in [0, 0.05) is 23.5 Å². The summed E-state index contributed by atoms with van der Waals surface area (Å²) in [6.45, 7) is 10.6. The third kappa shape index (κ3) is 3.56. The van der Waals surface area contributed by atoms with Crippen molar-refractivity contribution < 1.29 is 0 Å². The minimum atomic E-state index is 0.520. The van der Waals surface area contributed by atoms with E-state index in [1.165, 1.54) is 37.4 Å². The Morgan fingerprint density at radius 1 is 1.50 bits per heavy atom. The van der Waals surface area contributed by atoms with E-state index in [2.05, 4.69) is 48.5 Å². The maximum absolute atomic E-state index is 3.89. The van der Waals surface area contributed by atoms with Gasteiger partial charge in [0.1, 0.15) is 0 Å². The number of nitrogens with one attached hydrogen (secondary N) is 1. The van der Waals surface area contributed by atoms with Gasteiger partial charge < -0.3 is 10.2 Å². The van der Waals surface area contributed by atoms with E-state index in [1.807, 2.05) is 11.3 Å². The summed E-state index contributed by atoms with van der Waals surface area (Å²) >= 11 is 1.88. The quantitative estimate of drug-likeness (QED) is 0.877. The van der Waals surface area contributed by atoms with E-state index in [4.69, 9.17) is 0 Å². The first kappa shape index (κ1) is 14.0. The third-order valence-corrected chi connectivity index (χ3v) is 4.84. The summed E-state index contributed by atoms with van der Waals surface area (Å²) in [5, 5.41) is 6.08. The van der Waals surface area contributed by atoms with E-state index in [9.17, 15) is 0 Å². The fourth-order valence-electron chi connectivity index (χ4n) is 2.80. The molecule has 2 nitrogen and oxygen atoms in total. The summed E-state index contributed by atoms with van der Waals surface area (Å²) < 4.78 is 0. The average Bonchev–Trinajstić information content (AvgIpc) is 2.89. The lowest BCUT2D eigenvalue weighted by atomic mass is 9.98. The Bertz CT molecular complexity index is 334. The fraction of sp³-hybridized carbons (Fsp3) is 0.733. The van der Waals surface area contributed by atoms with Crippen LogP contribution in [0.1, 0.15) is 44.5 Å². The van der Waals surface area contributed by atoms with Crippen molar-refractivity contribution in [2.75, 3.05) is 19.6 Å². The molecule has 2 atom stereocenters. The standard InChI is InChI=1S/C15H26N2S/c1-4-17-9-5-7-13(11-17)16-15(12(2)3)14-8-6-10-18-14/h6,8,10,12-13,15-16H,4-5,7,9,11H2,1-3H3. The smallest absolute Gasteiger partial charge is 0.0440 e. The SMILES string of the molecule is CCN1CCCC(NC(c2cccs2)C(C)C)C1. The highest BCUT2D eigenvalue weighted by Gasteiger charge is 2.24. The monoisotopic (exact) mass is 266 g/mol. The first-order valence-electron chi connectivity index (χ1n) is 7.22. The van der Waals surface area contributed by atoms with Crippen LogP contribution in [0.15, 0.2) is 17.5 Å². The second-order valence-corrected chi connectivity index (χ2v) is 6.62. The van der Waals surface area contributed by atoms with Crippen molar-refractivity contribution in [3.63, 3.8) is 0 Å². The predicted octanol–water partition coefficient (Wildman–Crippen LogP) is 3.52. The Labute approximate surface area is 115 Å². The van der Waals surface area contributed by atoms with E-state index in [0.717, 1.165) is 0 Å². The zero-order valence-corrected chi connectivity index (χ0v) is 12.7. The summed E-state index contributed by atoms with van der Waals surface area (Å²) in [4.78, 5) is 4.05. The third-order valence-electron chi connectivity index (χ3n) is 3.88. The molecule has 0 radical (unpaired) electrons. The number of hydrogen-bond donors (Lipinski definition) is 1. The molecule has 0 amide bonds. The lowest BCUT2D eigenvalue weighted by molar-refractivity contribution is 0.183. The molecule has 1 saturated heterocycles. The molecule has 1 aromatic rings. The Hall–Kier alpha value is -0.380. The van der Waals surface area contributed by atoms with Crippen LogP contribution in [0.4, 0.5) is 0 Å². The number of rotatable bonds is 5. The molecule has 0 spiro atoms. The topological polar surface area (TPSA) is 15.3 Å². The maximum atomic E-state index is 3.89. The lowest BCUT2D eigenvalue weighted by Crippen LogP contribution is -2.47. The molecule has 1 N–H and O–H groups in total. The molecule has 0 saturated carbocycles. The summed E-state index contributed by atoms with van der Waals surface area (Å²) in [7, 11) is 0. The zero-order valence-electron chi connectivity index (χ0n) is 11.9. The number of piperidine rings is 1. The molecular weight excluding hydrogens is 240 g/mol. The van der Waals surface area contributed by atoms with Gasteiger partial charge >= 0.3 is 0 Å². The average molecular weight is 266 g/mol. The molecule has 1 aliphatic heterocycles. The number of likely N-dealkylation sites (N-methyl/N-ethyl adjacent to an activating group) is 1. The van der Waals surface area contributed by atoms with E-state index in [1.54, 1.807) is 0 Å². The number of thiophene rings is 1. The minimum absolute atomic E-state index is 0.520. The van der Waals surface area contributed by atoms with Crippen LogP contribution < -0.4 is 5.32 Å². The summed E-state index contributed by atoms with van der Waals surface area (Å²) in [6.07, 6.45) is 2.66. The van der Waals surface area contributed by atoms with Gasteiger partial charge in [0.25, 0.3) is 0 Å². The largest absolute Gasteiger partial charge is 0.305 e. The van der Waals surface area contributed by atoms with Crippen LogP contribution in [0, 0.1) is 5.92 Å². The van der Waals surface area contributed by atoms with Crippen molar-refractivity contribution in [1.82, 2.24) is 10.2 Å². The van der Waals surface area contributed by atoms with Crippen molar-refractivity contribution in [3.05, 3.63) is 22.4 Å². The Morgan fingerprint density at radius 3 is 2.94 bits per heavy atom. The van der Waals surface area contributed by atoms with Crippen molar-refractivity contribution in [1.29, 1.82) is 0 Å². The van der Waals surface area contributed by atoms with Crippen molar-refractivity contribution in [2.24, 2.45) is 5.92 Å². The van der Waals surface area contributed by atoms with Gasteiger partial charge in [0.15, 0.2) is 0 Å². The number of nitrogens with zero attached hydrogens (tertiary/aromatic N) is 1. The van der Waals surface area contributed by atoms with Gasteiger partial charge in [-0.15, -0.1) is 11.3 Å². The van der Waals surface area contributed by atoms with Crippen LogP contribution in [0.5, 0.6) is 0 Å². The van der Waals surface area contributed by atoms with Crippen LogP contribution in [0.25, 0.3) is 0 Å². The van der Waals surface area contributed by atoms with Gasteiger partial charge in [-0.1, -0.05) is 26.8 Å². The van der Waals surface area contributed by atoms with Gasteiger partial charge in [-0.05, 0) is 43.3 Å². The van der Waals surface area contributed by atoms with Crippen molar-refractivity contribution in [2.45, 2.75) is 45.7 Å². The summed E-state index contributed by atoms with van der Waals surface area (Å²) in [6, 6.07) is 5.61. The highest BCUT2D eigenvalue weighted by atomic mass is 32.1. The van der Waals surface area contributed by atoms with Gasteiger partial charge in [-0.2, -0.15) is 0 Å². The molecule has 2 rings (SSSR count). The minimum Gasteiger partial charge on any atom is -0.305 e. The highest BCUT2D eigenvalue weighted by molar-refractivity contribution is 7.10. The van der Waals surface area contributed by atoms with Gasteiger partial charge in [0.2, 0.25) is 0 Å². The predicted molar refractivity (Wildman–Crippen MR) is 80.2 cm³/mol. The van der Waals surface area contributed by atoms with E-state index in [0.29, 0.717) is 18.0 Å². The van der Waals surface area contributed by atoms with Crippen LogP contribution in [0.3, 0.4) is 0 Å². The van der Waals surface area contributed by atoms with Crippen LogP contribution in [-0.4, -0.2) is 30.6 Å². The number of hydrogen-bond acceptors (Lipinski definition) is 3. The van der Waals surface area contributed by atoms with Crippen LogP contribution in [0.2, 0.25) is 0 Å². The molecular formula is C15H26N2S. The first-order valence-corrected chi connectivity index (χ1v) is 8.10.